The molecule has 3 aromatic rings. The highest BCUT2D eigenvalue weighted by Gasteiger charge is 2.07. The van der Waals surface area contributed by atoms with Gasteiger partial charge in [-0.3, -0.25) is 9.89 Å². The Bertz CT molecular complexity index is 687. The molecule has 0 fully saturated rings. The Hall–Kier alpha value is -2.41. The number of hydrogen-bond acceptors (Lipinski definition) is 4. The maximum absolute atomic E-state index is 11.8. The highest BCUT2D eigenvalue weighted by molar-refractivity contribution is 7.13. The number of anilines is 1. The maximum Gasteiger partial charge on any atom is 0.225 e. The molecule has 7 heteroatoms. The Kier molecular flexibility index (Phi) is 4.11. The zero-order valence-electron chi connectivity index (χ0n) is 11.3. The van der Waals surface area contributed by atoms with Gasteiger partial charge < -0.3 is 9.88 Å². The number of rotatable bonds is 6. The van der Waals surface area contributed by atoms with Crippen LogP contribution in [0.1, 0.15) is 12.8 Å². The summed E-state index contributed by atoms with van der Waals surface area (Å²) in [4.78, 5) is 16.9. The number of aromatic amines is 1. The maximum atomic E-state index is 11.8. The number of thiophene rings is 1. The second kappa shape index (κ2) is 6.36. The van der Waals surface area contributed by atoms with Crippen LogP contribution in [0.3, 0.4) is 0 Å². The van der Waals surface area contributed by atoms with E-state index in [1.807, 2.05) is 34.3 Å². The Labute approximate surface area is 125 Å². The number of nitrogens with zero attached hydrogens (tertiary/aromatic N) is 3. The zero-order valence-corrected chi connectivity index (χ0v) is 12.1. The molecule has 21 heavy (non-hydrogen) atoms. The quantitative estimate of drug-likeness (QED) is 0.735. The Morgan fingerprint density at radius 1 is 1.48 bits per heavy atom. The van der Waals surface area contributed by atoms with E-state index in [1.54, 1.807) is 23.9 Å². The molecule has 2 N–H and O–H groups in total. The van der Waals surface area contributed by atoms with E-state index in [-0.39, 0.29) is 5.91 Å². The average Bonchev–Trinajstić information content (AvgIpc) is 3.21. The van der Waals surface area contributed by atoms with Crippen molar-refractivity contribution in [2.45, 2.75) is 19.4 Å². The van der Waals surface area contributed by atoms with E-state index < -0.39 is 0 Å². The molecule has 0 atom stereocenters. The van der Waals surface area contributed by atoms with Gasteiger partial charge in [-0.05, 0) is 17.9 Å². The third-order valence-electron chi connectivity index (χ3n) is 3.01. The van der Waals surface area contributed by atoms with E-state index in [0.717, 1.165) is 23.5 Å². The van der Waals surface area contributed by atoms with Crippen molar-refractivity contribution in [3.05, 3.63) is 42.3 Å². The van der Waals surface area contributed by atoms with Crippen LogP contribution in [0.15, 0.2) is 42.3 Å². The van der Waals surface area contributed by atoms with E-state index in [2.05, 4.69) is 20.5 Å². The van der Waals surface area contributed by atoms with Gasteiger partial charge in [-0.15, -0.1) is 11.3 Å². The van der Waals surface area contributed by atoms with E-state index >= 15 is 0 Å². The van der Waals surface area contributed by atoms with Crippen molar-refractivity contribution >= 4 is 23.1 Å². The summed E-state index contributed by atoms with van der Waals surface area (Å²) in [6, 6.07) is 5.84. The molecule has 0 saturated carbocycles. The molecule has 0 aromatic carbocycles. The van der Waals surface area contributed by atoms with Crippen molar-refractivity contribution in [3.63, 3.8) is 0 Å². The number of imidazole rings is 1. The third-order valence-corrected chi connectivity index (χ3v) is 3.91. The fraction of sp³-hybridized carbons (Fsp3) is 0.214. The summed E-state index contributed by atoms with van der Waals surface area (Å²) in [5, 5.41) is 11.8. The van der Waals surface area contributed by atoms with Crippen molar-refractivity contribution < 1.29 is 4.79 Å². The Morgan fingerprint density at radius 3 is 3.19 bits per heavy atom. The van der Waals surface area contributed by atoms with Gasteiger partial charge >= 0.3 is 0 Å². The first kappa shape index (κ1) is 13.6. The number of amides is 1. The molecule has 108 valence electrons. The SMILES string of the molecule is O=C(CCCn1ccnc1)Nc1cc(-c2cccs2)[nH]n1. The van der Waals surface area contributed by atoms with Gasteiger partial charge in [0.05, 0.1) is 16.9 Å². The van der Waals surface area contributed by atoms with Gasteiger partial charge in [-0.2, -0.15) is 5.10 Å². The van der Waals surface area contributed by atoms with Crippen LogP contribution in [0.2, 0.25) is 0 Å². The number of aryl methyl sites for hydroxylation is 1. The highest BCUT2D eigenvalue weighted by Crippen LogP contribution is 2.24. The van der Waals surface area contributed by atoms with E-state index in [9.17, 15) is 4.79 Å². The van der Waals surface area contributed by atoms with Gasteiger partial charge in [-0.25, -0.2) is 4.98 Å². The topological polar surface area (TPSA) is 75.6 Å². The van der Waals surface area contributed by atoms with Gasteiger partial charge in [0.15, 0.2) is 5.82 Å². The fourth-order valence-corrected chi connectivity index (χ4v) is 2.68. The first-order chi connectivity index (χ1) is 10.3. The summed E-state index contributed by atoms with van der Waals surface area (Å²) in [5.41, 5.74) is 0.915. The lowest BCUT2D eigenvalue weighted by Crippen LogP contribution is -2.12. The summed E-state index contributed by atoms with van der Waals surface area (Å²) in [5.74, 6) is 0.533. The van der Waals surface area contributed by atoms with Crippen molar-refractivity contribution in [2.75, 3.05) is 5.32 Å². The standard InChI is InChI=1S/C14H15N5OS/c20-14(4-1-6-19-7-5-15-10-19)16-13-9-11(17-18-13)12-3-2-8-21-12/h2-3,5,7-10H,1,4,6H2,(H2,16,17,18,20). The molecule has 3 heterocycles. The van der Waals surface area contributed by atoms with Crippen molar-refractivity contribution in [2.24, 2.45) is 0 Å². The lowest BCUT2D eigenvalue weighted by Gasteiger charge is -2.02. The molecule has 0 aliphatic rings. The number of carbonyl (C=O) groups excluding carboxylic acids is 1. The smallest absolute Gasteiger partial charge is 0.225 e. The van der Waals surface area contributed by atoms with E-state index in [4.69, 9.17) is 0 Å². The lowest BCUT2D eigenvalue weighted by molar-refractivity contribution is -0.116. The first-order valence-electron chi connectivity index (χ1n) is 6.66. The minimum absolute atomic E-state index is 0.0284. The largest absolute Gasteiger partial charge is 0.337 e. The van der Waals surface area contributed by atoms with Gasteiger partial charge in [0.1, 0.15) is 0 Å². The molecule has 1 amide bonds. The number of aromatic nitrogens is 4. The molecular formula is C14H15N5OS. The van der Waals surface area contributed by atoms with E-state index in [1.165, 1.54) is 0 Å². The number of nitrogens with one attached hydrogen (secondary N) is 2. The van der Waals surface area contributed by atoms with Crippen LogP contribution in [0.4, 0.5) is 5.82 Å². The molecule has 0 unspecified atom stereocenters. The summed E-state index contributed by atoms with van der Waals surface area (Å²) in [6.45, 7) is 0.786. The van der Waals surface area contributed by atoms with Gasteiger partial charge in [0.25, 0.3) is 0 Å². The molecule has 0 radical (unpaired) electrons. The molecular weight excluding hydrogens is 286 g/mol. The van der Waals surface area contributed by atoms with Crippen LogP contribution in [0, 0.1) is 0 Å². The summed E-state index contributed by atoms with van der Waals surface area (Å²) >= 11 is 1.63. The van der Waals surface area contributed by atoms with Gasteiger partial charge in [0.2, 0.25) is 5.91 Å². The van der Waals surface area contributed by atoms with Crippen molar-refractivity contribution in [3.8, 4) is 10.6 Å². The predicted molar refractivity (Wildman–Crippen MR) is 82.0 cm³/mol. The normalized spacial score (nSPS) is 10.7. The number of hydrogen-bond donors (Lipinski definition) is 2. The minimum atomic E-state index is -0.0284. The molecule has 0 spiro atoms. The molecule has 3 aromatic heterocycles. The molecule has 3 rings (SSSR count). The summed E-state index contributed by atoms with van der Waals surface area (Å²) < 4.78 is 1.96. The van der Waals surface area contributed by atoms with Crippen LogP contribution in [-0.4, -0.2) is 25.7 Å². The van der Waals surface area contributed by atoms with Crippen LogP contribution in [0.25, 0.3) is 10.6 Å². The van der Waals surface area contributed by atoms with Crippen LogP contribution < -0.4 is 5.32 Å². The van der Waals surface area contributed by atoms with Crippen LogP contribution in [0.5, 0.6) is 0 Å². The average molecular weight is 301 g/mol. The zero-order chi connectivity index (χ0) is 14.5. The van der Waals surface area contributed by atoms with Crippen molar-refractivity contribution in [1.29, 1.82) is 0 Å². The Balaban J connectivity index is 1.48. The predicted octanol–water partition coefficient (Wildman–Crippen LogP) is 2.75. The Morgan fingerprint density at radius 2 is 2.43 bits per heavy atom. The molecule has 0 aliphatic carbocycles. The highest BCUT2D eigenvalue weighted by atomic mass is 32.1. The van der Waals surface area contributed by atoms with Gasteiger partial charge in [-0.1, -0.05) is 6.07 Å². The molecule has 0 saturated heterocycles. The van der Waals surface area contributed by atoms with Crippen LogP contribution >= 0.6 is 11.3 Å². The van der Waals surface area contributed by atoms with Crippen LogP contribution in [-0.2, 0) is 11.3 Å². The third kappa shape index (κ3) is 3.57. The van der Waals surface area contributed by atoms with E-state index in [0.29, 0.717) is 12.2 Å². The fourth-order valence-electron chi connectivity index (χ4n) is 1.99. The lowest BCUT2D eigenvalue weighted by atomic mass is 10.3. The summed E-state index contributed by atoms with van der Waals surface area (Å²) in [7, 11) is 0. The molecule has 6 nitrogen and oxygen atoms in total. The number of H-pyrrole nitrogens is 1. The second-order valence-electron chi connectivity index (χ2n) is 4.60. The minimum Gasteiger partial charge on any atom is -0.337 e. The van der Waals surface area contributed by atoms with Crippen molar-refractivity contribution in [1.82, 2.24) is 19.7 Å². The van der Waals surface area contributed by atoms with Gasteiger partial charge in [0, 0.05) is 31.4 Å². The first-order valence-corrected chi connectivity index (χ1v) is 7.54. The molecule has 0 aliphatic heterocycles. The second-order valence-corrected chi connectivity index (χ2v) is 5.54. The number of carbonyl (C=O) groups is 1. The monoisotopic (exact) mass is 301 g/mol. The summed E-state index contributed by atoms with van der Waals surface area (Å²) in [6.07, 6.45) is 6.59. The molecule has 0 bridgehead atoms.